The number of amides is 2. The van der Waals surface area contributed by atoms with Gasteiger partial charge in [-0.2, -0.15) is 0 Å². The lowest BCUT2D eigenvalue weighted by atomic mass is 10.0. The molecule has 0 bridgehead atoms. The van der Waals surface area contributed by atoms with Crippen molar-refractivity contribution in [3.63, 3.8) is 0 Å². The maximum Gasteiger partial charge on any atom is 0.262 e. The molecular weight excluding hydrogens is 502 g/mol. The Morgan fingerprint density at radius 3 is 2.32 bits per heavy atom. The third kappa shape index (κ3) is 6.58. The molecule has 1 saturated heterocycles. The zero-order chi connectivity index (χ0) is 27.2. The highest BCUT2D eigenvalue weighted by Crippen LogP contribution is 2.28. The van der Waals surface area contributed by atoms with Crippen LogP contribution in [0.2, 0.25) is 5.02 Å². The lowest BCUT2D eigenvalue weighted by Crippen LogP contribution is -2.48. The third-order valence-corrected chi connectivity index (χ3v) is 6.86. The van der Waals surface area contributed by atoms with E-state index in [1.54, 1.807) is 25.3 Å². The van der Waals surface area contributed by atoms with Gasteiger partial charge in [0, 0.05) is 42.6 Å². The Kier molecular flexibility index (Phi) is 8.79. The van der Waals surface area contributed by atoms with Crippen molar-refractivity contribution in [2.45, 2.75) is 26.7 Å². The summed E-state index contributed by atoms with van der Waals surface area (Å²) in [6.07, 6.45) is 0. The summed E-state index contributed by atoms with van der Waals surface area (Å²) in [5, 5.41) is 3.40. The van der Waals surface area contributed by atoms with E-state index >= 15 is 0 Å². The van der Waals surface area contributed by atoms with Crippen LogP contribution in [0.5, 0.6) is 11.5 Å². The minimum absolute atomic E-state index is 0.0572. The number of benzene rings is 3. The minimum Gasteiger partial charge on any atom is -0.496 e. The fourth-order valence-electron chi connectivity index (χ4n) is 4.52. The highest BCUT2D eigenvalue weighted by atomic mass is 35.5. The molecule has 200 valence electrons. The molecule has 0 atom stereocenters. The predicted octanol–water partition coefficient (Wildman–Crippen LogP) is 5.76. The van der Waals surface area contributed by atoms with Gasteiger partial charge in [0.1, 0.15) is 11.5 Å². The number of methoxy groups -OCH3 is 1. The van der Waals surface area contributed by atoms with Gasteiger partial charge >= 0.3 is 0 Å². The minimum atomic E-state index is -0.211. The molecule has 38 heavy (non-hydrogen) atoms. The normalized spacial score (nSPS) is 13.4. The molecule has 0 unspecified atom stereocenters. The number of halogens is 1. The Hall–Kier alpha value is -3.71. The van der Waals surface area contributed by atoms with Gasteiger partial charge in [-0.1, -0.05) is 37.6 Å². The number of carbonyl (C=O) groups excluding carboxylic acids is 2. The Labute approximate surface area is 229 Å². The first kappa shape index (κ1) is 27.3. The van der Waals surface area contributed by atoms with Crippen molar-refractivity contribution in [3.05, 3.63) is 82.4 Å². The van der Waals surface area contributed by atoms with Crippen LogP contribution in [0.25, 0.3) is 0 Å². The van der Waals surface area contributed by atoms with Crippen molar-refractivity contribution in [3.8, 4) is 11.5 Å². The summed E-state index contributed by atoms with van der Waals surface area (Å²) < 4.78 is 11.2. The number of ether oxygens (including phenoxy) is 2. The maximum absolute atomic E-state index is 13.1. The molecule has 2 amide bonds. The topological polar surface area (TPSA) is 71.1 Å². The fraction of sp³-hybridized carbons (Fsp3) is 0.333. The van der Waals surface area contributed by atoms with Crippen LogP contribution in [0.3, 0.4) is 0 Å². The standard InChI is InChI=1S/C30H34ClN3O4/c1-20(2)25-11-5-21(3)17-28(25)38-19-29(35)32-23-7-9-24(10-8-23)33-13-15-34(16-14-33)30(36)26-18-22(31)6-12-27(26)37-4/h5-12,17-18,20H,13-16,19H2,1-4H3,(H,32,35). The molecular formula is C30H34ClN3O4. The average Bonchev–Trinajstić information content (AvgIpc) is 2.92. The summed E-state index contributed by atoms with van der Waals surface area (Å²) in [6, 6.07) is 18.9. The summed E-state index contributed by atoms with van der Waals surface area (Å²) in [4.78, 5) is 29.6. The van der Waals surface area contributed by atoms with E-state index in [1.165, 1.54) is 0 Å². The summed E-state index contributed by atoms with van der Waals surface area (Å²) in [6.45, 7) is 8.72. The van der Waals surface area contributed by atoms with Crippen LogP contribution in [0.4, 0.5) is 11.4 Å². The van der Waals surface area contributed by atoms with Gasteiger partial charge in [-0.05, 0) is 72.5 Å². The number of rotatable bonds is 8. The summed E-state index contributed by atoms with van der Waals surface area (Å²) >= 11 is 6.11. The smallest absolute Gasteiger partial charge is 0.262 e. The molecule has 0 radical (unpaired) electrons. The molecule has 1 aliphatic heterocycles. The van der Waals surface area contributed by atoms with E-state index in [1.807, 2.05) is 42.2 Å². The van der Waals surface area contributed by atoms with Crippen LogP contribution in [-0.4, -0.2) is 56.6 Å². The molecule has 1 fully saturated rings. The molecule has 1 heterocycles. The maximum atomic E-state index is 13.1. The molecule has 3 aromatic carbocycles. The van der Waals surface area contributed by atoms with E-state index in [2.05, 4.69) is 36.2 Å². The number of aryl methyl sites for hydroxylation is 1. The summed E-state index contributed by atoms with van der Waals surface area (Å²) in [7, 11) is 1.55. The van der Waals surface area contributed by atoms with Gasteiger partial charge in [-0.15, -0.1) is 0 Å². The number of carbonyl (C=O) groups is 2. The molecule has 4 rings (SSSR count). The highest BCUT2D eigenvalue weighted by Gasteiger charge is 2.25. The van der Waals surface area contributed by atoms with E-state index in [9.17, 15) is 9.59 Å². The second-order valence-corrected chi connectivity index (χ2v) is 10.1. The van der Waals surface area contributed by atoms with Crippen LogP contribution >= 0.6 is 11.6 Å². The van der Waals surface area contributed by atoms with Gasteiger partial charge in [-0.3, -0.25) is 9.59 Å². The van der Waals surface area contributed by atoms with E-state index in [0.29, 0.717) is 54.1 Å². The predicted molar refractivity (Wildman–Crippen MR) is 152 cm³/mol. The lowest BCUT2D eigenvalue weighted by Gasteiger charge is -2.36. The van der Waals surface area contributed by atoms with Crippen molar-refractivity contribution >= 4 is 34.8 Å². The number of piperazine rings is 1. The van der Waals surface area contributed by atoms with E-state index < -0.39 is 0 Å². The van der Waals surface area contributed by atoms with Gasteiger partial charge in [0.2, 0.25) is 0 Å². The SMILES string of the molecule is COc1ccc(Cl)cc1C(=O)N1CCN(c2ccc(NC(=O)COc3cc(C)ccc3C(C)C)cc2)CC1. The summed E-state index contributed by atoms with van der Waals surface area (Å²) in [5.74, 6) is 1.27. The fourth-order valence-corrected chi connectivity index (χ4v) is 4.70. The van der Waals surface area contributed by atoms with Crippen LogP contribution in [0.1, 0.15) is 41.3 Å². The van der Waals surface area contributed by atoms with Crippen LogP contribution in [0.15, 0.2) is 60.7 Å². The van der Waals surface area contributed by atoms with Crippen molar-refractivity contribution in [1.29, 1.82) is 0 Å². The molecule has 0 aromatic heterocycles. The van der Waals surface area contributed by atoms with Gasteiger partial charge in [0.25, 0.3) is 11.8 Å². The van der Waals surface area contributed by atoms with Crippen molar-refractivity contribution < 1.29 is 19.1 Å². The third-order valence-electron chi connectivity index (χ3n) is 6.62. The van der Waals surface area contributed by atoms with Crippen LogP contribution in [0, 0.1) is 6.92 Å². The van der Waals surface area contributed by atoms with Gasteiger partial charge in [0.05, 0.1) is 12.7 Å². The molecule has 1 N–H and O–H groups in total. The van der Waals surface area contributed by atoms with E-state index in [4.69, 9.17) is 21.1 Å². The first-order chi connectivity index (χ1) is 18.2. The molecule has 0 aliphatic carbocycles. The molecule has 0 saturated carbocycles. The molecule has 3 aromatic rings. The number of nitrogens with zero attached hydrogens (tertiary/aromatic N) is 2. The largest absolute Gasteiger partial charge is 0.496 e. The second kappa shape index (κ2) is 12.2. The first-order valence-electron chi connectivity index (χ1n) is 12.8. The number of nitrogens with one attached hydrogen (secondary N) is 1. The Morgan fingerprint density at radius 1 is 0.947 bits per heavy atom. The van der Waals surface area contributed by atoms with E-state index in [-0.39, 0.29) is 18.4 Å². The highest BCUT2D eigenvalue weighted by molar-refractivity contribution is 6.31. The zero-order valence-corrected chi connectivity index (χ0v) is 23.0. The second-order valence-electron chi connectivity index (χ2n) is 9.70. The molecule has 8 heteroatoms. The first-order valence-corrected chi connectivity index (χ1v) is 13.1. The van der Waals surface area contributed by atoms with E-state index in [0.717, 1.165) is 22.6 Å². The van der Waals surface area contributed by atoms with Crippen molar-refractivity contribution in [2.75, 3.05) is 50.1 Å². The Bertz CT molecular complexity index is 1290. The Morgan fingerprint density at radius 2 is 1.66 bits per heavy atom. The molecule has 7 nitrogen and oxygen atoms in total. The average molecular weight is 536 g/mol. The molecule has 0 spiro atoms. The summed E-state index contributed by atoms with van der Waals surface area (Å²) in [5.41, 5.74) is 4.39. The van der Waals surface area contributed by atoms with Crippen molar-refractivity contribution in [2.24, 2.45) is 0 Å². The van der Waals surface area contributed by atoms with Crippen molar-refractivity contribution in [1.82, 2.24) is 4.90 Å². The van der Waals surface area contributed by atoms with Crippen LogP contribution < -0.4 is 19.7 Å². The van der Waals surface area contributed by atoms with Gasteiger partial charge < -0.3 is 24.6 Å². The van der Waals surface area contributed by atoms with Gasteiger partial charge in [0.15, 0.2) is 6.61 Å². The van der Waals surface area contributed by atoms with Crippen LogP contribution in [-0.2, 0) is 4.79 Å². The number of hydrogen-bond acceptors (Lipinski definition) is 5. The molecule has 1 aliphatic rings. The lowest BCUT2D eigenvalue weighted by molar-refractivity contribution is -0.118. The number of hydrogen-bond donors (Lipinski definition) is 1. The monoisotopic (exact) mass is 535 g/mol. The van der Waals surface area contributed by atoms with Gasteiger partial charge in [-0.25, -0.2) is 0 Å². The quantitative estimate of drug-likeness (QED) is 0.397. The number of anilines is 2. The zero-order valence-electron chi connectivity index (χ0n) is 22.3. The Balaban J connectivity index is 1.30.